The summed E-state index contributed by atoms with van der Waals surface area (Å²) in [4.78, 5) is 0.140. The number of hydrogen-bond donors (Lipinski definition) is 2. The second-order valence-electron chi connectivity index (χ2n) is 5.80. The fraction of sp³-hybridized carbons (Fsp3) is 0.0556. The van der Waals surface area contributed by atoms with E-state index in [2.05, 4.69) is 25.1 Å². The highest BCUT2D eigenvalue weighted by Gasteiger charge is 2.17. The lowest BCUT2D eigenvalue weighted by Crippen LogP contribution is -2.23. The summed E-state index contributed by atoms with van der Waals surface area (Å²) >= 11 is 7.10. The molecule has 0 aliphatic heterocycles. The van der Waals surface area contributed by atoms with Crippen LogP contribution in [-0.4, -0.2) is 28.8 Å². The summed E-state index contributed by atoms with van der Waals surface area (Å²) in [5, 5.41) is 17.0. The first-order valence-corrected chi connectivity index (χ1v) is 10.9. The Morgan fingerprint density at radius 1 is 1.04 bits per heavy atom. The van der Waals surface area contributed by atoms with Gasteiger partial charge in [0.1, 0.15) is 10.7 Å². The molecular weight excluding hydrogens is 418 g/mol. The third-order valence-corrected chi connectivity index (χ3v) is 6.55. The summed E-state index contributed by atoms with van der Waals surface area (Å²) in [5.74, 6) is 0. The lowest BCUT2D eigenvalue weighted by molar-refractivity contribution is 0.581. The number of benzene rings is 2. The van der Waals surface area contributed by atoms with Crippen LogP contribution >= 0.6 is 22.9 Å². The fourth-order valence-electron chi connectivity index (χ4n) is 2.57. The quantitative estimate of drug-likeness (QED) is 0.484. The van der Waals surface area contributed by atoms with E-state index in [9.17, 15) is 8.42 Å². The van der Waals surface area contributed by atoms with E-state index < -0.39 is 10.0 Å². The number of hydrogen-bond acceptors (Lipinski definition) is 6. The van der Waals surface area contributed by atoms with E-state index >= 15 is 0 Å². The first-order valence-electron chi connectivity index (χ1n) is 8.20. The van der Waals surface area contributed by atoms with Crippen molar-refractivity contribution in [1.82, 2.24) is 25.1 Å². The van der Waals surface area contributed by atoms with Gasteiger partial charge in [-0.05, 0) is 29.8 Å². The Balaban J connectivity index is 1.52. The normalized spacial score (nSPS) is 11.6. The maximum absolute atomic E-state index is 12.4. The SMILES string of the molecule is O=S(=O)(NCc1nnc(-c2[nH]ncc2-c2ccccc2)s1)c1ccc(Cl)cc1. The maximum atomic E-state index is 12.4. The van der Waals surface area contributed by atoms with E-state index in [0.29, 0.717) is 15.0 Å². The number of rotatable bonds is 6. The fourth-order valence-corrected chi connectivity index (χ4v) is 4.56. The second-order valence-corrected chi connectivity index (χ2v) is 9.07. The zero-order valence-electron chi connectivity index (χ0n) is 14.3. The predicted octanol–water partition coefficient (Wildman–Crippen LogP) is 3.73. The van der Waals surface area contributed by atoms with Crippen molar-refractivity contribution in [2.24, 2.45) is 0 Å². The number of aromatic nitrogens is 4. The van der Waals surface area contributed by atoms with Crippen LogP contribution in [0.25, 0.3) is 21.8 Å². The largest absolute Gasteiger partial charge is 0.275 e. The Kier molecular flexibility index (Phi) is 5.23. The van der Waals surface area contributed by atoms with Crippen LogP contribution in [0, 0.1) is 0 Å². The summed E-state index contributed by atoms with van der Waals surface area (Å²) in [5.41, 5.74) is 2.66. The van der Waals surface area contributed by atoms with Gasteiger partial charge < -0.3 is 0 Å². The number of halogens is 1. The molecule has 0 aliphatic rings. The van der Waals surface area contributed by atoms with Gasteiger partial charge in [0, 0.05) is 10.6 Å². The number of sulfonamides is 1. The van der Waals surface area contributed by atoms with Gasteiger partial charge in [-0.3, -0.25) is 5.10 Å². The Morgan fingerprint density at radius 2 is 1.79 bits per heavy atom. The average Bonchev–Trinajstić information content (AvgIpc) is 3.37. The molecule has 0 unspecified atom stereocenters. The molecule has 0 aliphatic carbocycles. The molecule has 7 nitrogen and oxygen atoms in total. The molecule has 2 N–H and O–H groups in total. The summed E-state index contributed by atoms with van der Waals surface area (Å²) in [6.07, 6.45) is 1.73. The van der Waals surface area contributed by atoms with Crippen molar-refractivity contribution in [1.29, 1.82) is 0 Å². The van der Waals surface area contributed by atoms with E-state index in [1.807, 2.05) is 30.3 Å². The molecule has 2 aromatic heterocycles. The Bertz CT molecular complexity index is 1190. The smallest absolute Gasteiger partial charge is 0.240 e. The maximum Gasteiger partial charge on any atom is 0.240 e. The monoisotopic (exact) mass is 431 g/mol. The van der Waals surface area contributed by atoms with E-state index in [-0.39, 0.29) is 11.4 Å². The molecule has 2 aromatic carbocycles. The van der Waals surface area contributed by atoms with Crippen molar-refractivity contribution in [3.63, 3.8) is 0 Å². The van der Waals surface area contributed by atoms with Gasteiger partial charge >= 0.3 is 0 Å². The van der Waals surface area contributed by atoms with Gasteiger partial charge in [-0.2, -0.15) is 5.10 Å². The first kappa shape index (κ1) is 18.8. The predicted molar refractivity (Wildman–Crippen MR) is 108 cm³/mol. The van der Waals surface area contributed by atoms with E-state index in [4.69, 9.17) is 11.6 Å². The van der Waals surface area contributed by atoms with Crippen LogP contribution in [0.15, 0.2) is 65.7 Å². The zero-order valence-corrected chi connectivity index (χ0v) is 16.7. The lowest BCUT2D eigenvalue weighted by atomic mass is 10.1. The van der Waals surface area contributed by atoms with Crippen molar-refractivity contribution in [2.45, 2.75) is 11.4 Å². The zero-order chi connectivity index (χ0) is 19.6. The topological polar surface area (TPSA) is 101 Å². The first-order chi connectivity index (χ1) is 13.5. The van der Waals surface area contributed by atoms with Crippen LogP contribution in [-0.2, 0) is 16.6 Å². The molecule has 0 saturated carbocycles. The van der Waals surface area contributed by atoms with Crippen molar-refractivity contribution < 1.29 is 8.42 Å². The molecular formula is C18H14ClN5O2S2. The highest BCUT2D eigenvalue weighted by molar-refractivity contribution is 7.89. The van der Waals surface area contributed by atoms with Gasteiger partial charge in [0.15, 0.2) is 5.01 Å². The second kappa shape index (κ2) is 7.80. The van der Waals surface area contributed by atoms with E-state index in [1.54, 1.807) is 6.20 Å². The van der Waals surface area contributed by atoms with Crippen LogP contribution in [0.4, 0.5) is 0 Å². The number of aromatic amines is 1. The molecule has 10 heteroatoms. The van der Waals surface area contributed by atoms with Gasteiger partial charge in [-0.15, -0.1) is 10.2 Å². The number of H-pyrrole nitrogens is 1. The molecule has 4 rings (SSSR count). The summed E-state index contributed by atoms with van der Waals surface area (Å²) in [7, 11) is -3.66. The van der Waals surface area contributed by atoms with Gasteiger partial charge in [-0.1, -0.05) is 53.3 Å². The van der Waals surface area contributed by atoms with E-state index in [1.165, 1.54) is 35.6 Å². The minimum Gasteiger partial charge on any atom is -0.275 e. The molecule has 0 fully saturated rings. The highest BCUT2D eigenvalue weighted by atomic mass is 35.5. The van der Waals surface area contributed by atoms with Gasteiger partial charge in [0.25, 0.3) is 0 Å². The summed E-state index contributed by atoms with van der Waals surface area (Å²) in [6, 6.07) is 15.8. The molecule has 4 aromatic rings. The third kappa shape index (κ3) is 3.97. The molecule has 0 radical (unpaired) electrons. The van der Waals surface area contributed by atoms with Crippen LogP contribution in [0.1, 0.15) is 5.01 Å². The molecule has 0 atom stereocenters. The summed E-state index contributed by atoms with van der Waals surface area (Å²) < 4.78 is 27.3. The Morgan fingerprint density at radius 3 is 2.54 bits per heavy atom. The van der Waals surface area contributed by atoms with Gasteiger partial charge in [0.05, 0.1) is 17.6 Å². The molecule has 0 saturated heterocycles. The van der Waals surface area contributed by atoms with Gasteiger partial charge in [-0.25, -0.2) is 13.1 Å². The van der Waals surface area contributed by atoms with Crippen LogP contribution in [0.2, 0.25) is 5.02 Å². The minimum atomic E-state index is -3.66. The van der Waals surface area contributed by atoms with Crippen molar-refractivity contribution in [2.75, 3.05) is 0 Å². The van der Waals surface area contributed by atoms with Crippen LogP contribution in [0.3, 0.4) is 0 Å². The Hall–Kier alpha value is -2.59. The lowest BCUT2D eigenvalue weighted by Gasteiger charge is -2.04. The molecule has 0 spiro atoms. The standard InChI is InChI=1S/C18H14ClN5O2S2/c19-13-6-8-14(9-7-13)28(25,26)21-11-16-22-24-18(27-16)17-15(10-20-23-17)12-4-2-1-3-5-12/h1-10,21H,11H2,(H,20,23). The minimum absolute atomic E-state index is 0.0391. The molecule has 142 valence electrons. The highest BCUT2D eigenvalue weighted by Crippen LogP contribution is 2.31. The Labute approximate surface area is 170 Å². The molecule has 0 bridgehead atoms. The molecule has 2 heterocycles. The third-order valence-electron chi connectivity index (χ3n) is 3.94. The van der Waals surface area contributed by atoms with Crippen LogP contribution in [0.5, 0.6) is 0 Å². The molecule has 0 amide bonds. The molecule has 28 heavy (non-hydrogen) atoms. The number of nitrogens with one attached hydrogen (secondary N) is 2. The number of nitrogens with zero attached hydrogens (tertiary/aromatic N) is 3. The van der Waals surface area contributed by atoms with E-state index in [0.717, 1.165) is 16.8 Å². The van der Waals surface area contributed by atoms with Crippen molar-refractivity contribution >= 4 is 33.0 Å². The summed E-state index contributed by atoms with van der Waals surface area (Å²) in [6.45, 7) is 0.0391. The van der Waals surface area contributed by atoms with Crippen molar-refractivity contribution in [3.05, 3.63) is 70.8 Å². The van der Waals surface area contributed by atoms with Gasteiger partial charge in [0.2, 0.25) is 10.0 Å². The van der Waals surface area contributed by atoms with Crippen molar-refractivity contribution in [3.8, 4) is 21.8 Å². The average molecular weight is 432 g/mol. The van der Waals surface area contributed by atoms with Crippen LogP contribution < -0.4 is 4.72 Å².